The van der Waals surface area contributed by atoms with Crippen LogP contribution in [-0.2, 0) is 6.42 Å². The van der Waals surface area contributed by atoms with Gasteiger partial charge in [0.05, 0.1) is 12.5 Å². The van der Waals surface area contributed by atoms with E-state index in [2.05, 4.69) is 12.2 Å². The fourth-order valence-corrected chi connectivity index (χ4v) is 2.19. The molecule has 1 aromatic heterocycles. The normalized spacial score (nSPS) is 12.5. The maximum atomic E-state index is 13.0. The van der Waals surface area contributed by atoms with Crippen LogP contribution in [0.15, 0.2) is 47.3 Å². The van der Waals surface area contributed by atoms with E-state index in [1.165, 1.54) is 17.7 Å². The van der Waals surface area contributed by atoms with Gasteiger partial charge in [0.1, 0.15) is 5.82 Å². The maximum absolute atomic E-state index is 13.0. The van der Waals surface area contributed by atoms with Crippen molar-refractivity contribution in [2.24, 2.45) is 0 Å². The Balaban J connectivity index is 2.06. The molecule has 102 valence electrons. The van der Waals surface area contributed by atoms with E-state index in [-0.39, 0.29) is 5.82 Å². The van der Waals surface area contributed by atoms with Gasteiger partial charge in [0.2, 0.25) is 0 Å². The molecule has 0 aliphatic heterocycles. The zero-order valence-corrected chi connectivity index (χ0v) is 11.2. The number of benzene rings is 1. The molecule has 1 N–H and O–H groups in total. The summed E-state index contributed by atoms with van der Waals surface area (Å²) in [5, 5.41) is 3.44. The van der Waals surface area contributed by atoms with Crippen LogP contribution in [0.5, 0.6) is 0 Å². The first-order valence-electron chi connectivity index (χ1n) is 6.77. The van der Waals surface area contributed by atoms with E-state index in [1.807, 2.05) is 18.2 Å². The smallest absolute Gasteiger partial charge is 0.123 e. The minimum absolute atomic E-state index is 0.188. The molecule has 0 amide bonds. The first-order valence-corrected chi connectivity index (χ1v) is 6.77. The van der Waals surface area contributed by atoms with E-state index in [0.29, 0.717) is 5.92 Å². The van der Waals surface area contributed by atoms with Gasteiger partial charge in [0.25, 0.3) is 0 Å². The Hall–Kier alpha value is -1.61. The average molecular weight is 261 g/mol. The van der Waals surface area contributed by atoms with E-state index >= 15 is 0 Å². The lowest BCUT2D eigenvalue weighted by Gasteiger charge is -2.17. The van der Waals surface area contributed by atoms with Crippen molar-refractivity contribution in [2.75, 3.05) is 13.1 Å². The highest BCUT2D eigenvalue weighted by molar-refractivity contribution is 5.23. The second-order valence-electron chi connectivity index (χ2n) is 4.79. The summed E-state index contributed by atoms with van der Waals surface area (Å²) in [4.78, 5) is 0. The predicted octanol–water partition coefficient (Wildman–Crippen LogP) is 3.74. The molecule has 19 heavy (non-hydrogen) atoms. The molecule has 1 aromatic carbocycles. The van der Waals surface area contributed by atoms with Crippen molar-refractivity contribution < 1.29 is 8.81 Å². The molecule has 0 aliphatic carbocycles. The molecule has 1 unspecified atom stereocenters. The van der Waals surface area contributed by atoms with Gasteiger partial charge in [-0.25, -0.2) is 4.39 Å². The van der Waals surface area contributed by atoms with Gasteiger partial charge in [0.15, 0.2) is 0 Å². The third kappa shape index (κ3) is 4.21. The number of nitrogens with one attached hydrogen (secondary N) is 1. The van der Waals surface area contributed by atoms with Gasteiger partial charge in [-0.15, -0.1) is 0 Å². The van der Waals surface area contributed by atoms with Crippen LogP contribution in [0, 0.1) is 5.82 Å². The van der Waals surface area contributed by atoms with Crippen molar-refractivity contribution in [1.82, 2.24) is 5.32 Å². The summed E-state index contributed by atoms with van der Waals surface area (Å²) in [7, 11) is 0. The average Bonchev–Trinajstić information content (AvgIpc) is 2.92. The van der Waals surface area contributed by atoms with Crippen molar-refractivity contribution in [3.05, 3.63) is 59.8 Å². The van der Waals surface area contributed by atoms with E-state index < -0.39 is 0 Å². The lowest BCUT2D eigenvalue weighted by molar-refractivity contribution is 0.550. The second kappa shape index (κ2) is 7.10. The quantitative estimate of drug-likeness (QED) is 0.768. The summed E-state index contributed by atoms with van der Waals surface area (Å²) >= 11 is 0. The Morgan fingerprint density at radius 1 is 1.21 bits per heavy atom. The molecule has 0 bridgehead atoms. The Morgan fingerprint density at radius 2 is 2.00 bits per heavy atom. The van der Waals surface area contributed by atoms with E-state index in [0.717, 1.165) is 31.5 Å². The topological polar surface area (TPSA) is 25.2 Å². The minimum Gasteiger partial charge on any atom is -0.472 e. The molecule has 0 saturated heterocycles. The van der Waals surface area contributed by atoms with Gasteiger partial charge in [-0.2, -0.15) is 0 Å². The lowest BCUT2D eigenvalue weighted by atomic mass is 9.93. The van der Waals surface area contributed by atoms with E-state index in [1.54, 1.807) is 12.5 Å². The van der Waals surface area contributed by atoms with Crippen molar-refractivity contribution in [3.8, 4) is 0 Å². The lowest BCUT2D eigenvalue weighted by Crippen LogP contribution is -2.23. The Labute approximate surface area is 113 Å². The van der Waals surface area contributed by atoms with Crippen LogP contribution in [0.1, 0.15) is 30.4 Å². The second-order valence-corrected chi connectivity index (χ2v) is 4.79. The molecule has 3 heteroatoms. The van der Waals surface area contributed by atoms with Crippen molar-refractivity contribution >= 4 is 0 Å². The number of rotatable bonds is 7. The SMILES string of the molecule is CCCNCC(Cc1ccoc1)c1ccc(F)cc1. The molecule has 0 fully saturated rings. The predicted molar refractivity (Wildman–Crippen MR) is 74.7 cm³/mol. The van der Waals surface area contributed by atoms with Gasteiger partial charge in [0, 0.05) is 12.5 Å². The first-order chi connectivity index (χ1) is 9.29. The fraction of sp³-hybridized carbons (Fsp3) is 0.375. The number of furan rings is 1. The molecule has 0 spiro atoms. The van der Waals surface area contributed by atoms with Crippen LogP contribution in [0.3, 0.4) is 0 Å². The van der Waals surface area contributed by atoms with Crippen molar-refractivity contribution in [3.63, 3.8) is 0 Å². The first kappa shape index (κ1) is 13.8. The highest BCUT2D eigenvalue weighted by atomic mass is 19.1. The molecule has 2 nitrogen and oxygen atoms in total. The van der Waals surface area contributed by atoms with Gasteiger partial charge in [-0.3, -0.25) is 0 Å². The van der Waals surface area contributed by atoms with E-state index in [4.69, 9.17) is 4.42 Å². The fourth-order valence-electron chi connectivity index (χ4n) is 2.19. The van der Waals surface area contributed by atoms with Crippen LogP contribution in [0.4, 0.5) is 4.39 Å². The molecule has 1 heterocycles. The minimum atomic E-state index is -0.188. The van der Waals surface area contributed by atoms with Gasteiger partial charge >= 0.3 is 0 Å². The van der Waals surface area contributed by atoms with Crippen LogP contribution in [0.2, 0.25) is 0 Å². The van der Waals surface area contributed by atoms with Gasteiger partial charge < -0.3 is 9.73 Å². The zero-order chi connectivity index (χ0) is 13.5. The number of hydrogen-bond acceptors (Lipinski definition) is 2. The molecular formula is C16H20FNO. The summed E-state index contributed by atoms with van der Waals surface area (Å²) in [5.41, 5.74) is 2.33. The Morgan fingerprint density at radius 3 is 2.63 bits per heavy atom. The highest BCUT2D eigenvalue weighted by Gasteiger charge is 2.13. The van der Waals surface area contributed by atoms with Crippen LogP contribution >= 0.6 is 0 Å². The van der Waals surface area contributed by atoms with Gasteiger partial charge in [-0.1, -0.05) is 19.1 Å². The molecule has 2 rings (SSSR count). The molecular weight excluding hydrogens is 241 g/mol. The molecule has 1 atom stereocenters. The largest absolute Gasteiger partial charge is 0.472 e. The van der Waals surface area contributed by atoms with Crippen molar-refractivity contribution in [2.45, 2.75) is 25.7 Å². The standard InChI is InChI=1S/C16H20FNO/c1-2-8-18-11-15(10-13-7-9-19-12-13)14-3-5-16(17)6-4-14/h3-7,9,12,15,18H,2,8,10-11H2,1H3. The monoisotopic (exact) mass is 261 g/mol. The maximum Gasteiger partial charge on any atom is 0.123 e. The molecule has 0 radical (unpaired) electrons. The summed E-state index contributed by atoms with van der Waals surface area (Å²) in [6.45, 7) is 4.05. The summed E-state index contributed by atoms with van der Waals surface area (Å²) < 4.78 is 18.1. The third-order valence-corrected chi connectivity index (χ3v) is 3.22. The molecule has 0 aliphatic rings. The third-order valence-electron chi connectivity index (χ3n) is 3.22. The molecule has 2 aromatic rings. The van der Waals surface area contributed by atoms with E-state index in [9.17, 15) is 4.39 Å². The molecule has 0 saturated carbocycles. The Kier molecular flexibility index (Phi) is 5.16. The number of halogens is 1. The number of hydrogen-bond donors (Lipinski definition) is 1. The van der Waals surface area contributed by atoms with Crippen LogP contribution in [0.25, 0.3) is 0 Å². The van der Waals surface area contributed by atoms with Gasteiger partial charge in [-0.05, 0) is 48.7 Å². The highest BCUT2D eigenvalue weighted by Crippen LogP contribution is 2.21. The Bertz CT molecular complexity index is 464. The van der Waals surface area contributed by atoms with Crippen molar-refractivity contribution in [1.29, 1.82) is 0 Å². The summed E-state index contributed by atoms with van der Waals surface area (Å²) in [6, 6.07) is 8.77. The van der Waals surface area contributed by atoms with Crippen LogP contribution < -0.4 is 5.32 Å². The summed E-state index contributed by atoms with van der Waals surface area (Å²) in [5.74, 6) is 0.150. The zero-order valence-electron chi connectivity index (χ0n) is 11.2. The van der Waals surface area contributed by atoms with Crippen LogP contribution in [-0.4, -0.2) is 13.1 Å². The summed E-state index contributed by atoms with van der Waals surface area (Å²) in [6.07, 6.45) is 5.48.